The van der Waals surface area contributed by atoms with Crippen LogP contribution in [0.25, 0.3) is 16.6 Å². The SMILES string of the molecule is CC.CC.CCCc1cccc(CCC)c1[N-]C(c1ccccc1)c1cccc(-c2ccccc2)n1.[CH3-].[Hf]. The Morgan fingerprint density at radius 2 is 1.13 bits per heavy atom. The average Bonchev–Trinajstić information content (AvgIpc) is 2.96. The van der Waals surface area contributed by atoms with Gasteiger partial charge in [0.1, 0.15) is 0 Å². The molecule has 4 aromatic rings. The molecule has 1 aromatic heterocycles. The molecule has 0 fully saturated rings. The molecule has 1 atom stereocenters. The molecule has 4 rings (SSSR count). The van der Waals surface area contributed by atoms with Crippen molar-refractivity contribution in [2.75, 3.05) is 0 Å². The molecule has 0 radical (unpaired) electrons. The van der Waals surface area contributed by atoms with Gasteiger partial charge in [-0.1, -0.05) is 156 Å². The van der Waals surface area contributed by atoms with Crippen LogP contribution in [-0.2, 0) is 38.7 Å². The zero-order valence-electron chi connectivity index (χ0n) is 24.5. The zero-order chi connectivity index (χ0) is 26.2. The summed E-state index contributed by atoms with van der Waals surface area (Å²) >= 11 is 0. The monoisotopic (exact) mass is 674 g/mol. The fourth-order valence-electron chi connectivity index (χ4n) is 4.20. The van der Waals surface area contributed by atoms with E-state index in [0.29, 0.717) is 0 Å². The molecule has 2 nitrogen and oxygen atoms in total. The molecular formula is C35H46HfN2-2. The second kappa shape index (κ2) is 20.4. The quantitative estimate of drug-likeness (QED) is 0.128. The number of para-hydroxylation sites is 1. The van der Waals surface area contributed by atoms with Gasteiger partial charge in [-0.15, -0.1) is 5.69 Å². The Morgan fingerprint density at radius 1 is 0.632 bits per heavy atom. The number of aryl methyl sites for hydroxylation is 2. The van der Waals surface area contributed by atoms with Crippen LogP contribution in [0.5, 0.6) is 0 Å². The van der Waals surface area contributed by atoms with E-state index in [0.717, 1.165) is 48.3 Å². The van der Waals surface area contributed by atoms with Crippen molar-refractivity contribution in [2.24, 2.45) is 0 Å². The van der Waals surface area contributed by atoms with Gasteiger partial charge < -0.3 is 12.7 Å². The Labute approximate surface area is 252 Å². The number of aromatic nitrogens is 1. The van der Waals surface area contributed by atoms with Crippen molar-refractivity contribution in [1.29, 1.82) is 0 Å². The maximum atomic E-state index is 5.41. The first-order chi connectivity index (χ1) is 17.8. The van der Waals surface area contributed by atoms with Crippen LogP contribution in [0.1, 0.15) is 82.8 Å². The Morgan fingerprint density at radius 3 is 1.66 bits per heavy atom. The van der Waals surface area contributed by atoms with Gasteiger partial charge in [0, 0.05) is 37.1 Å². The van der Waals surface area contributed by atoms with Crippen molar-refractivity contribution in [3.63, 3.8) is 0 Å². The van der Waals surface area contributed by atoms with Gasteiger partial charge in [-0.05, 0) is 31.0 Å². The molecule has 202 valence electrons. The van der Waals surface area contributed by atoms with Gasteiger partial charge in [0.05, 0.1) is 5.69 Å². The molecule has 0 N–H and O–H groups in total. The molecular weight excluding hydrogens is 627 g/mol. The van der Waals surface area contributed by atoms with E-state index in [1.807, 2.05) is 33.8 Å². The third kappa shape index (κ3) is 9.98. The van der Waals surface area contributed by atoms with E-state index < -0.39 is 0 Å². The summed E-state index contributed by atoms with van der Waals surface area (Å²) in [6.45, 7) is 12.5. The fourth-order valence-corrected chi connectivity index (χ4v) is 4.20. The molecule has 1 unspecified atom stereocenters. The van der Waals surface area contributed by atoms with Crippen molar-refractivity contribution < 1.29 is 25.8 Å². The number of rotatable bonds is 9. The minimum absolute atomic E-state index is 0. The van der Waals surface area contributed by atoms with Gasteiger partial charge in [0.2, 0.25) is 0 Å². The van der Waals surface area contributed by atoms with E-state index in [4.69, 9.17) is 10.3 Å². The first-order valence-electron chi connectivity index (χ1n) is 13.7. The van der Waals surface area contributed by atoms with Crippen LogP contribution in [0, 0.1) is 7.43 Å². The summed E-state index contributed by atoms with van der Waals surface area (Å²) in [6, 6.07) is 33.7. The molecule has 3 heteroatoms. The van der Waals surface area contributed by atoms with Gasteiger partial charge in [0.25, 0.3) is 0 Å². The van der Waals surface area contributed by atoms with Crippen molar-refractivity contribution in [1.82, 2.24) is 4.98 Å². The summed E-state index contributed by atoms with van der Waals surface area (Å²) in [5, 5.41) is 5.41. The van der Waals surface area contributed by atoms with E-state index in [2.05, 4.69) is 105 Å². The third-order valence-electron chi connectivity index (χ3n) is 5.74. The summed E-state index contributed by atoms with van der Waals surface area (Å²) in [5.74, 6) is 0. The normalized spacial score (nSPS) is 10.3. The maximum Gasteiger partial charge on any atom is 0.0704 e. The molecule has 38 heavy (non-hydrogen) atoms. The number of hydrogen-bond donors (Lipinski definition) is 0. The first kappa shape index (κ1) is 35.5. The summed E-state index contributed by atoms with van der Waals surface area (Å²) < 4.78 is 0. The molecule has 0 aliphatic carbocycles. The van der Waals surface area contributed by atoms with Crippen LogP contribution in [0.4, 0.5) is 5.69 Å². The average molecular weight is 673 g/mol. The first-order valence-corrected chi connectivity index (χ1v) is 13.7. The van der Waals surface area contributed by atoms with Gasteiger partial charge >= 0.3 is 0 Å². The van der Waals surface area contributed by atoms with Gasteiger partial charge in [-0.3, -0.25) is 4.98 Å². The van der Waals surface area contributed by atoms with Crippen molar-refractivity contribution in [3.8, 4) is 11.3 Å². The molecule has 0 amide bonds. The van der Waals surface area contributed by atoms with Crippen LogP contribution < -0.4 is 0 Å². The molecule has 3 aromatic carbocycles. The van der Waals surface area contributed by atoms with Gasteiger partial charge in [-0.2, -0.15) is 0 Å². The van der Waals surface area contributed by atoms with E-state index in [1.165, 1.54) is 16.7 Å². The van der Waals surface area contributed by atoms with Crippen LogP contribution in [0.15, 0.2) is 97.1 Å². The predicted molar refractivity (Wildman–Crippen MR) is 165 cm³/mol. The molecule has 0 aliphatic rings. The Kier molecular flexibility index (Phi) is 19.1. The van der Waals surface area contributed by atoms with Crippen LogP contribution in [-0.4, -0.2) is 4.98 Å². The van der Waals surface area contributed by atoms with Gasteiger partial charge in [0.15, 0.2) is 0 Å². The second-order valence-corrected chi connectivity index (χ2v) is 8.18. The molecule has 0 saturated carbocycles. The molecule has 0 aliphatic heterocycles. The standard InChI is InChI=1S/C30H31N2.2C2H6.CH3.Hf/c1-3-13-24-19-11-20-25(14-4-2)29(24)32-30(26-17-9-6-10-18-26)28-22-12-21-27(31-28)23-15-7-5-8-16-23;2*1-2;;/h5-12,15-22,30H,3-4,13-14H2,1-2H3;2*1-2H3;1H3;/q-1;;;-1;. The molecule has 0 bridgehead atoms. The summed E-state index contributed by atoms with van der Waals surface area (Å²) in [7, 11) is 0. The van der Waals surface area contributed by atoms with E-state index in [-0.39, 0.29) is 39.3 Å². The van der Waals surface area contributed by atoms with E-state index >= 15 is 0 Å². The molecule has 1 heterocycles. The Hall–Kier alpha value is -2.52. The van der Waals surface area contributed by atoms with Crippen molar-refractivity contribution in [3.05, 3.63) is 132 Å². The summed E-state index contributed by atoms with van der Waals surface area (Å²) in [6.07, 6.45) is 4.29. The molecule has 0 saturated heterocycles. The van der Waals surface area contributed by atoms with Gasteiger partial charge in [-0.25, -0.2) is 0 Å². The summed E-state index contributed by atoms with van der Waals surface area (Å²) in [4.78, 5) is 5.07. The van der Waals surface area contributed by atoms with E-state index in [9.17, 15) is 0 Å². The minimum atomic E-state index is -0.145. The number of hydrogen-bond acceptors (Lipinski definition) is 1. The van der Waals surface area contributed by atoms with Crippen LogP contribution >= 0.6 is 0 Å². The number of benzene rings is 3. The topological polar surface area (TPSA) is 27.0 Å². The predicted octanol–water partition coefficient (Wildman–Crippen LogP) is 10.9. The van der Waals surface area contributed by atoms with Crippen LogP contribution in [0.2, 0.25) is 0 Å². The van der Waals surface area contributed by atoms with Crippen LogP contribution in [0.3, 0.4) is 0 Å². The summed E-state index contributed by atoms with van der Waals surface area (Å²) in [5.41, 5.74) is 8.06. The maximum absolute atomic E-state index is 5.41. The minimum Gasteiger partial charge on any atom is -0.673 e. The Balaban J connectivity index is 0.00000218. The number of nitrogens with zero attached hydrogens (tertiary/aromatic N) is 2. The smallest absolute Gasteiger partial charge is 0.0704 e. The van der Waals surface area contributed by atoms with Crippen molar-refractivity contribution in [2.45, 2.75) is 73.3 Å². The third-order valence-corrected chi connectivity index (χ3v) is 5.74. The zero-order valence-corrected chi connectivity index (χ0v) is 28.1. The Bertz CT molecular complexity index is 1100. The largest absolute Gasteiger partial charge is 0.673 e. The fraction of sp³-hybridized carbons (Fsp3) is 0.314. The number of pyridine rings is 1. The van der Waals surface area contributed by atoms with E-state index in [1.54, 1.807) is 0 Å². The molecule has 0 spiro atoms. The van der Waals surface area contributed by atoms with Crippen molar-refractivity contribution >= 4 is 5.69 Å². The second-order valence-electron chi connectivity index (χ2n) is 8.18.